The summed E-state index contributed by atoms with van der Waals surface area (Å²) < 4.78 is 5.28. The molecule has 2 aliphatic heterocycles. The minimum absolute atomic E-state index is 0.231. The van der Waals surface area contributed by atoms with Crippen LogP contribution in [0.5, 0.6) is 0 Å². The largest absolute Gasteiger partial charge is 0.454 e. The topological polar surface area (TPSA) is 84.0 Å². The van der Waals surface area contributed by atoms with Gasteiger partial charge in [-0.15, -0.1) is 0 Å². The first kappa shape index (κ1) is 21.0. The van der Waals surface area contributed by atoms with E-state index in [2.05, 4.69) is 0 Å². The molecule has 0 aliphatic carbocycles. The molecule has 0 radical (unpaired) electrons. The van der Waals surface area contributed by atoms with Crippen molar-refractivity contribution in [3.63, 3.8) is 0 Å². The number of hydrogen-bond donors (Lipinski definition) is 0. The van der Waals surface area contributed by atoms with Crippen LogP contribution in [-0.2, 0) is 14.3 Å². The van der Waals surface area contributed by atoms with E-state index in [0.717, 1.165) is 30.6 Å². The maximum Gasteiger partial charge on any atom is 0.330 e. The quantitative estimate of drug-likeness (QED) is 0.560. The molecule has 0 N–H and O–H groups in total. The highest BCUT2D eigenvalue weighted by molar-refractivity contribution is 6.22. The van der Waals surface area contributed by atoms with Gasteiger partial charge in [-0.3, -0.25) is 19.3 Å². The molecule has 1 aromatic rings. The normalized spacial score (nSPS) is 18.3. The first-order chi connectivity index (χ1) is 13.9. The van der Waals surface area contributed by atoms with Crippen molar-refractivity contribution in [1.29, 1.82) is 0 Å². The first-order valence-electron chi connectivity index (χ1n) is 10.3. The number of carbonyl (C=O) groups is 4. The van der Waals surface area contributed by atoms with E-state index in [1.54, 1.807) is 43.0 Å². The van der Waals surface area contributed by atoms with E-state index in [1.807, 2.05) is 0 Å². The molecule has 7 nitrogen and oxygen atoms in total. The molecule has 1 aromatic carbocycles. The fourth-order valence-corrected chi connectivity index (χ4v) is 3.94. The van der Waals surface area contributed by atoms with Gasteiger partial charge in [-0.1, -0.05) is 45.2 Å². The average Bonchev–Trinajstić information content (AvgIpc) is 2.91. The summed E-state index contributed by atoms with van der Waals surface area (Å²) in [5.74, 6) is -2.31. The van der Waals surface area contributed by atoms with Crippen molar-refractivity contribution < 1.29 is 23.9 Å². The van der Waals surface area contributed by atoms with Crippen LogP contribution in [0.2, 0.25) is 0 Å². The molecular weight excluding hydrogens is 372 g/mol. The lowest BCUT2D eigenvalue weighted by Gasteiger charge is -2.28. The second-order valence-electron chi connectivity index (χ2n) is 7.97. The van der Waals surface area contributed by atoms with Crippen LogP contribution in [0.3, 0.4) is 0 Å². The molecule has 0 saturated carbocycles. The van der Waals surface area contributed by atoms with Gasteiger partial charge in [0.2, 0.25) is 0 Å². The lowest BCUT2D eigenvalue weighted by atomic mass is 10.0. The number of hydrogen-bond acceptors (Lipinski definition) is 5. The summed E-state index contributed by atoms with van der Waals surface area (Å²) in [6.45, 7) is 4.46. The Balaban J connectivity index is 1.67. The Bertz CT molecular complexity index is 761. The third kappa shape index (κ3) is 4.49. The summed E-state index contributed by atoms with van der Waals surface area (Å²) in [4.78, 5) is 53.5. The highest BCUT2D eigenvalue weighted by Crippen LogP contribution is 2.27. The summed E-state index contributed by atoms with van der Waals surface area (Å²) >= 11 is 0. The van der Waals surface area contributed by atoms with Crippen LogP contribution in [0.15, 0.2) is 24.3 Å². The third-order valence-corrected chi connectivity index (χ3v) is 5.52. The van der Waals surface area contributed by atoms with Gasteiger partial charge in [0.1, 0.15) is 6.04 Å². The number of ether oxygens (including phenoxy) is 1. The average molecular weight is 400 g/mol. The van der Waals surface area contributed by atoms with Gasteiger partial charge < -0.3 is 9.64 Å². The van der Waals surface area contributed by atoms with Gasteiger partial charge in [-0.2, -0.15) is 0 Å². The Kier molecular flexibility index (Phi) is 6.67. The van der Waals surface area contributed by atoms with E-state index in [9.17, 15) is 19.2 Å². The number of carbonyl (C=O) groups excluding carboxylic acids is 4. The maximum absolute atomic E-state index is 12.8. The molecule has 1 atom stereocenters. The minimum atomic E-state index is -1.07. The van der Waals surface area contributed by atoms with Crippen molar-refractivity contribution in [3.8, 4) is 0 Å². The van der Waals surface area contributed by atoms with Gasteiger partial charge in [-0.05, 0) is 30.9 Å². The van der Waals surface area contributed by atoms with Gasteiger partial charge in [0.05, 0.1) is 11.1 Å². The third-order valence-electron chi connectivity index (χ3n) is 5.52. The van der Waals surface area contributed by atoms with Crippen LogP contribution in [-0.4, -0.2) is 59.2 Å². The van der Waals surface area contributed by atoms with Crippen LogP contribution in [0.25, 0.3) is 0 Å². The summed E-state index contributed by atoms with van der Waals surface area (Å²) in [7, 11) is 0. The van der Waals surface area contributed by atoms with Crippen LogP contribution in [0.1, 0.15) is 66.7 Å². The molecule has 2 heterocycles. The van der Waals surface area contributed by atoms with E-state index in [4.69, 9.17) is 4.74 Å². The zero-order valence-corrected chi connectivity index (χ0v) is 17.1. The molecule has 29 heavy (non-hydrogen) atoms. The number of amides is 3. The van der Waals surface area contributed by atoms with Crippen molar-refractivity contribution in [2.24, 2.45) is 5.92 Å². The predicted molar refractivity (Wildman–Crippen MR) is 106 cm³/mol. The molecule has 3 rings (SSSR count). The Morgan fingerprint density at radius 2 is 1.45 bits per heavy atom. The number of rotatable bonds is 5. The van der Waals surface area contributed by atoms with Crippen molar-refractivity contribution >= 4 is 23.7 Å². The van der Waals surface area contributed by atoms with Gasteiger partial charge in [0.15, 0.2) is 6.61 Å². The number of imide groups is 1. The molecule has 156 valence electrons. The molecule has 1 saturated heterocycles. The number of esters is 1. The van der Waals surface area contributed by atoms with Gasteiger partial charge >= 0.3 is 5.97 Å². The van der Waals surface area contributed by atoms with Crippen molar-refractivity contribution in [1.82, 2.24) is 9.80 Å². The Labute approximate surface area is 171 Å². The second-order valence-corrected chi connectivity index (χ2v) is 7.97. The molecule has 2 aliphatic rings. The van der Waals surface area contributed by atoms with Crippen LogP contribution < -0.4 is 0 Å². The van der Waals surface area contributed by atoms with Crippen LogP contribution in [0, 0.1) is 5.92 Å². The molecule has 0 unspecified atom stereocenters. The van der Waals surface area contributed by atoms with E-state index < -0.39 is 23.8 Å². The highest BCUT2D eigenvalue weighted by atomic mass is 16.5. The highest BCUT2D eigenvalue weighted by Gasteiger charge is 2.44. The minimum Gasteiger partial charge on any atom is -0.454 e. The lowest BCUT2D eigenvalue weighted by Crippen LogP contribution is -2.49. The number of benzene rings is 1. The van der Waals surface area contributed by atoms with Crippen LogP contribution in [0.4, 0.5) is 0 Å². The standard InChI is InChI=1S/C22H28N2O5/c1-15(2)19(24-20(26)16-10-6-7-11-17(16)21(24)27)22(28)29-14-18(25)23-12-8-4-3-5-9-13-23/h6-7,10-11,15,19H,3-5,8-9,12-14H2,1-2H3/t19-/m0/s1. The molecular formula is C22H28N2O5. The molecule has 1 fully saturated rings. The molecule has 0 aromatic heterocycles. The monoisotopic (exact) mass is 400 g/mol. The van der Waals surface area contributed by atoms with Gasteiger partial charge in [0.25, 0.3) is 17.7 Å². The number of fused-ring (bicyclic) bond motifs is 1. The number of nitrogens with zero attached hydrogens (tertiary/aromatic N) is 2. The summed E-state index contributed by atoms with van der Waals surface area (Å²) in [6.07, 6.45) is 5.28. The Morgan fingerprint density at radius 1 is 0.931 bits per heavy atom. The Morgan fingerprint density at radius 3 is 1.97 bits per heavy atom. The zero-order chi connectivity index (χ0) is 21.0. The first-order valence-corrected chi connectivity index (χ1v) is 10.3. The van der Waals surface area contributed by atoms with Gasteiger partial charge in [-0.25, -0.2) is 4.79 Å². The van der Waals surface area contributed by atoms with E-state index >= 15 is 0 Å². The van der Waals surface area contributed by atoms with Crippen molar-refractivity contribution in [3.05, 3.63) is 35.4 Å². The fourth-order valence-electron chi connectivity index (χ4n) is 3.94. The summed E-state index contributed by atoms with van der Waals surface area (Å²) in [6, 6.07) is 5.44. The predicted octanol–water partition coefficient (Wildman–Crippen LogP) is 2.64. The molecule has 0 bridgehead atoms. The van der Waals surface area contributed by atoms with Gasteiger partial charge in [0, 0.05) is 13.1 Å². The lowest BCUT2D eigenvalue weighted by molar-refractivity contribution is -0.156. The Hall–Kier alpha value is -2.70. The molecule has 0 spiro atoms. The fraction of sp³-hybridized carbons (Fsp3) is 0.545. The van der Waals surface area contributed by atoms with E-state index in [0.29, 0.717) is 13.1 Å². The van der Waals surface area contributed by atoms with E-state index in [1.165, 1.54) is 6.42 Å². The van der Waals surface area contributed by atoms with Crippen molar-refractivity contribution in [2.45, 2.75) is 52.0 Å². The molecule has 7 heteroatoms. The zero-order valence-electron chi connectivity index (χ0n) is 17.1. The summed E-state index contributed by atoms with van der Waals surface area (Å²) in [5.41, 5.74) is 0.570. The molecule has 3 amide bonds. The van der Waals surface area contributed by atoms with Crippen LogP contribution >= 0.6 is 0 Å². The SMILES string of the molecule is CC(C)[C@@H](C(=O)OCC(=O)N1CCCCCCC1)N1C(=O)c2ccccc2C1=O. The van der Waals surface area contributed by atoms with E-state index in [-0.39, 0.29) is 29.6 Å². The number of likely N-dealkylation sites (tertiary alicyclic amines) is 1. The van der Waals surface area contributed by atoms with Crippen molar-refractivity contribution in [2.75, 3.05) is 19.7 Å². The maximum atomic E-state index is 12.8. The summed E-state index contributed by atoms with van der Waals surface area (Å²) in [5, 5.41) is 0. The smallest absolute Gasteiger partial charge is 0.330 e. The second kappa shape index (κ2) is 9.20.